The lowest BCUT2D eigenvalue weighted by atomic mass is 9.93. The van der Waals surface area contributed by atoms with Crippen LogP contribution < -0.4 is 0 Å². The van der Waals surface area contributed by atoms with Crippen LogP contribution >= 0.6 is 0 Å². The summed E-state index contributed by atoms with van der Waals surface area (Å²) in [5.74, 6) is 0. The molecule has 0 unspecified atom stereocenters. The minimum absolute atomic E-state index is 1.15. The third kappa shape index (κ3) is 2.14. The van der Waals surface area contributed by atoms with E-state index in [1.54, 1.807) is 0 Å². The maximum Gasteiger partial charge on any atom is -0.00201 e. The smallest absolute Gasteiger partial charge is 0.00201 e. The summed E-state index contributed by atoms with van der Waals surface area (Å²) in [5.41, 5.74) is 9.51. The Hall–Kier alpha value is -2.86. The maximum absolute atomic E-state index is 2.30. The monoisotopic (exact) mass is 320 g/mol. The summed E-state index contributed by atoms with van der Waals surface area (Å²) in [6, 6.07) is 29.2. The van der Waals surface area contributed by atoms with Crippen molar-refractivity contribution in [1.82, 2.24) is 0 Å². The summed E-state index contributed by atoms with van der Waals surface area (Å²) >= 11 is 0. The highest BCUT2D eigenvalue weighted by atomic mass is 14.2. The van der Waals surface area contributed by atoms with E-state index in [4.69, 9.17) is 0 Å². The van der Waals surface area contributed by atoms with E-state index in [0.717, 1.165) is 6.42 Å². The van der Waals surface area contributed by atoms with E-state index in [-0.39, 0.29) is 0 Å². The van der Waals surface area contributed by atoms with Crippen molar-refractivity contribution in [2.24, 2.45) is 0 Å². The highest BCUT2D eigenvalue weighted by Crippen LogP contribution is 2.48. The second kappa shape index (κ2) is 5.60. The largest absolute Gasteiger partial charge is 0.0651 e. The minimum Gasteiger partial charge on any atom is -0.0651 e. The highest BCUT2D eigenvalue weighted by molar-refractivity contribution is 6.18. The minimum atomic E-state index is 1.15. The van der Waals surface area contributed by atoms with Crippen LogP contribution in [0.1, 0.15) is 18.9 Å². The molecule has 1 aliphatic carbocycles. The van der Waals surface area contributed by atoms with Crippen LogP contribution in [0.4, 0.5) is 0 Å². The normalized spacial score (nSPS) is 11.7. The third-order valence-electron chi connectivity index (χ3n) is 5.35. The zero-order chi connectivity index (χ0) is 16.8. The van der Waals surface area contributed by atoms with Crippen LogP contribution in [0.2, 0.25) is 0 Å². The molecule has 0 saturated heterocycles. The molecule has 4 aromatic rings. The van der Waals surface area contributed by atoms with Crippen LogP contribution in [-0.4, -0.2) is 0 Å². The van der Waals surface area contributed by atoms with Gasteiger partial charge in [-0.2, -0.15) is 0 Å². The number of hydrogen-bond donors (Lipinski definition) is 0. The Balaban J connectivity index is 1.74. The van der Waals surface area contributed by atoms with Gasteiger partial charge in [-0.05, 0) is 56.1 Å². The van der Waals surface area contributed by atoms with E-state index < -0.39 is 0 Å². The molecule has 120 valence electrons. The first-order valence-corrected chi connectivity index (χ1v) is 9.11. The molecular formula is C25H20. The summed E-state index contributed by atoms with van der Waals surface area (Å²) in [5, 5.41) is 2.76. The molecule has 0 saturated carbocycles. The first kappa shape index (κ1) is 14.5. The van der Waals surface area contributed by atoms with Crippen LogP contribution in [0.15, 0.2) is 78.9 Å². The SMILES string of the molecule is CCCc1ccc(-c2ccc3c4c(cccc24)-c2ccccc2-3)cc1. The van der Waals surface area contributed by atoms with Crippen LogP contribution in [0.25, 0.3) is 44.2 Å². The first-order chi connectivity index (χ1) is 12.4. The lowest BCUT2D eigenvalue weighted by Gasteiger charge is -2.10. The topological polar surface area (TPSA) is 0 Å². The molecule has 4 aromatic carbocycles. The van der Waals surface area contributed by atoms with Gasteiger partial charge in [0.2, 0.25) is 0 Å². The Bertz CT molecular complexity index is 1060. The van der Waals surface area contributed by atoms with E-state index in [1.807, 2.05) is 0 Å². The van der Waals surface area contributed by atoms with Gasteiger partial charge in [-0.3, -0.25) is 0 Å². The summed E-state index contributed by atoms with van der Waals surface area (Å²) in [4.78, 5) is 0. The zero-order valence-electron chi connectivity index (χ0n) is 14.4. The van der Waals surface area contributed by atoms with Gasteiger partial charge >= 0.3 is 0 Å². The van der Waals surface area contributed by atoms with Gasteiger partial charge in [0, 0.05) is 0 Å². The molecule has 0 amide bonds. The van der Waals surface area contributed by atoms with Gasteiger partial charge in [0.05, 0.1) is 0 Å². The molecule has 0 bridgehead atoms. The van der Waals surface area contributed by atoms with Crippen LogP contribution in [0.5, 0.6) is 0 Å². The molecule has 0 spiro atoms. The zero-order valence-corrected chi connectivity index (χ0v) is 14.4. The standard InChI is InChI=1S/C25H20/c1-2-6-17-11-13-18(14-12-17)19-15-16-24-21-8-4-3-7-20(21)23-10-5-9-22(19)25(23)24/h3-5,7-16H,2,6H2,1H3. The molecule has 0 radical (unpaired) electrons. The van der Waals surface area contributed by atoms with Crippen molar-refractivity contribution in [3.05, 3.63) is 84.4 Å². The molecule has 0 heteroatoms. The van der Waals surface area contributed by atoms with Crippen molar-refractivity contribution in [1.29, 1.82) is 0 Å². The van der Waals surface area contributed by atoms with Gasteiger partial charge in [-0.1, -0.05) is 92.2 Å². The molecule has 5 rings (SSSR count). The van der Waals surface area contributed by atoms with Gasteiger partial charge in [0.15, 0.2) is 0 Å². The summed E-state index contributed by atoms with van der Waals surface area (Å²) < 4.78 is 0. The Labute approximate surface area is 148 Å². The fraction of sp³-hybridized carbons (Fsp3) is 0.120. The van der Waals surface area contributed by atoms with E-state index in [1.165, 1.54) is 56.1 Å². The molecule has 0 aromatic heterocycles. The van der Waals surface area contributed by atoms with Crippen molar-refractivity contribution in [3.8, 4) is 33.4 Å². The number of benzene rings is 4. The molecule has 0 N–H and O–H groups in total. The van der Waals surface area contributed by atoms with Crippen molar-refractivity contribution >= 4 is 10.8 Å². The molecule has 0 nitrogen and oxygen atoms in total. The Morgan fingerprint density at radius 1 is 0.560 bits per heavy atom. The van der Waals surface area contributed by atoms with Gasteiger partial charge in [0.1, 0.15) is 0 Å². The number of hydrogen-bond acceptors (Lipinski definition) is 0. The van der Waals surface area contributed by atoms with Crippen molar-refractivity contribution in [2.75, 3.05) is 0 Å². The number of rotatable bonds is 3. The Morgan fingerprint density at radius 2 is 1.20 bits per heavy atom. The van der Waals surface area contributed by atoms with E-state index in [9.17, 15) is 0 Å². The van der Waals surface area contributed by atoms with Gasteiger partial charge in [-0.25, -0.2) is 0 Å². The molecule has 0 aliphatic heterocycles. The van der Waals surface area contributed by atoms with E-state index in [0.29, 0.717) is 0 Å². The van der Waals surface area contributed by atoms with E-state index in [2.05, 4.69) is 85.8 Å². The quantitative estimate of drug-likeness (QED) is 0.332. The fourth-order valence-corrected chi connectivity index (χ4v) is 4.20. The van der Waals surface area contributed by atoms with Gasteiger partial charge < -0.3 is 0 Å². The lowest BCUT2D eigenvalue weighted by Crippen LogP contribution is -1.86. The molecule has 0 fully saturated rings. The average molecular weight is 320 g/mol. The van der Waals surface area contributed by atoms with Crippen LogP contribution in [0, 0.1) is 0 Å². The predicted molar refractivity (Wildman–Crippen MR) is 108 cm³/mol. The Kier molecular flexibility index (Phi) is 3.24. The summed E-state index contributed by atoms with van der Waals surface area (Å²) in [6.45, 7) is 2.23. The van der Waals surface area contributed by atoms with Crippen molar-refractivity contribution < 1.29 is 0 Å². The predicted octanol–water partition coefficient (Wildman–Crippen LogP) is 7.11. The second-order valence-corrected chi connectivity index (χ2v) is 6.88. The van der Waals surface area contributed by atoms with Gasteiger partial charge in [0.25, 0.3) is 0 Å². The molecule has 0 atom stereocenters. The highest BCUT2D eigenvalue weighted by Gasteiger charge is 2.21. The van der Waals surface area contributed by atoms with Gasteiger partial charge in [-0.15, -0.1) is 0 Å². The average Bonchev–Trinajstić information content (AvgIpc) is 2.99. The first-order valence-electron chi connectivity index (χ1n) is 9.11. The van der Waals surface area contributed by atoms with Crippen molar-refractivity contribution in [3.63, 3.8) is 0 Å². The fourth-order valence-electron chi connectivity index (χ4n) is 4.20. The molecule has 25 heavy (non-hydrogen) atoms. The summed E-state index contributed by atoms with van der Waals surface area (Å²) in [7, 11) is 0. The number of aryl methyl sites for hydroxylation is 1. The number of fused-ring (bicyclic) bond motifs is 3. The summed E-state index contributed by atoms with van der Waals surface area (Å²) in [6.07, 6.45) is 2.35. The molecular weight excluding hydrogens is 300 g/mol. The van der Waals surface area contributed by atoms with E-state index >= 15 is 0 Å². The second-order valence-electron chi connectivity index (χ2n) is 6.88. The van der Waals surface area contributed by atoms with Crippen LogP contribution in [-0.2, 0) is 6.42 Å². The van der Waals surface area contributed by atoms with Crippen LogP contribution in [0.3, 0.4) is 0 Å². The molecule has 1 aliphatic rings. The third-order valence-corrected chi connectivity index (χ3v) is 5.35. The Morgan fingerprint density at radius 3 is 1.92 bits per heavy atom. The van der Waals surface area contributed by atoms with Crippen molar-refractivity contribution in [2.45, 2.75) is 19.8 Å². The maximum atomic E-state index is 2.30. The molecule has 0 heterocycles. The lowest BCUT2D eigenvalue weighted by molar-refractivity contribution is 0.922.